The third-order valence-corrected chi connectivity index (χ3v) is 6.51. The van der Waals surface area contributed by atoms with E-state index in [0.29, 0.717) is 65.4 Å². The van der Waals surface area contributed by atoms with Gasteiger partial charge in [0.25, 0.3) is 11.7 Å². The number of halogens is 1. The van der Waals surface area contributed by atoms with E-state index in [4.69, 9.17) is 4.74 Å². The minimum atomic E-state index is -0.394. The molecule has 1 N–H and O–H groups in total. The Balaban J connectivity index is 1.26. The van der Waals surface area contributed by atoms with Crippen LogP contribution >= 0.6 is 0 Å². The molecule has 12 heteroatoms. The Morgan fingerprint density at radius 2 is 2.00 bits per heavy atom. The normalized spacial score (nSPS) is 16.8. The number of rotatable bonds is 7. The van der Waals surface area contributed by atoms with Crippen molar-refractivity contribution in [3.63, 3.8) is 0 Å². The highest BCUT2D eigenvalue weighted by molar-refractivity contribution is 5.93. The van der Waals surface area contributed by atoms with Crippen LogP contribution in [-0.2, 0) is 0 Å². The summed E-state index contributed by atoms with van der Waals surface area (Å²) in [5, 5.41) is 16.0. The third-order valence-electron chi connectivity index (χ3n) is 6.51. The highest BCUT2D eigenvalue weighted by Crippen LogP contribution is 2.39. The lowest BCUT2D eigenvalue weighted by atomic mass is 9.79. The number of hydrogen-bond acceptors (Lipinski definition) is 8. The van der Waals surface area contributed by atoms with E-state index in [2.05, 4.69) is 35.6 Å². The number of para-hydroxylation sites is 1. The topological polar surface area (TPSA) is 125 Å². The first-order valence-corrected chi connectivity index (χ1v) is 12.3. The SMILES string of the molecule is CCOc1ccc(-c2nnc(C3CC(NC(=O)c4cc(C)nc5ncnn45)C3)n2-c2ccccc2F)nc1. The van der Waals surface area contributed by atoms with Gasteiger partial charge in [0.1, 0.15) is 35.1 Å². The third kappa shape index (κ3) is 4.23. The fourth-order valence-corrected chi connectivity index (χ4v) is 4.66. The molecule has 11 nitrogen and oxygen atoms in total. The molecule has 1 aliphatic rings. The standard InChI is InChI=1S/C26H24FN9O2/c1-3-38-18-8-9-20(28-13-18)24-34-33-23(35(24)21-7-5-4-6-19(21)27)16-11-17(12-16)32-25(37)22-10-15(2)31-26-29-14-30-36(22)26/h4-10,13-14,16-17H,3,11-12H2,1-2H3,(H,32,37). The summed E-state index contributed by atoms with van der Waals surface area (Å²) in [6, 6.07) is 11.7. The predicted molar refractivity (Wildman–Crippen MR) is 134 cm³/mol. The molecule has 0 radical (unpaired) electrons. The summed E-state index contributed by atoms with van der Waals surface area (Å²) in [5.41, 5.74) is 1.93. The van der Waals surface area contributed by atoms with Crippen LogP contribution in [0.15, 0.2) is 55.0 Å². The van der Waals surface area contributed by atoms with Crippen LogP contribution in [0.5, 0.6) is 5.75 Å². The number of aromatic nitrogens is 8. The van der Waals surface area contributed by atoms with Gasteiger partial charge in [0.2, 0.25) is 0 Å². The molecule has 0 saturated heterocycles. The van der Waals surface area contributed by atoms with Gasteiger partial charge in [-0.05, 0) is 57.0 Å². The lowest BCUT2D eigenvalue weighted by Gasteiger charge is -2.35. The van der Waals surface area contributed by atoms with Crippen molar-refractivity contribution in [2.24, 2.45) is 0 Å². The minimum Gasteiger partial charge on any atom is -0.492 e. The summed E-state index contributed by atoms with van der Waals surface area (Å²) < 4.78 is 23.6. The fraction of sp³-hybridized carbons (Fsp3) is 0.269. The van der Waals surface area contributed by atoms with Crippen molar-refractivity contribution < 1.29 is 13.9 Å². The van der Waals surface area contributed by atoms with E-state index in [1.54, 1.807) is 54.1 Å². The van der Waals surface area contributed by atoms with Gasteiger partial charge in [0.05, 0.1) is 18.5 Å². The van der Waals surface area contributed by atoms with Crippen LogP contribution in [0.4, 0.5) is 4.39 Å². The van der Waals surface area contributed by atoms with Gasteiger partial charge in [-0.25, -0.2) is 14.4 Å². The maximum atomic E-state index is 15.0. The molecular formula is C26H24FN9O2. The van der Waals surface area contributed by atoms with E-state index in [9.17, 15) is 9.18 Å². The quantitative estimate of drug-likeness (QED) is 0.352. The number of fused-ring (bicyclic) bond motifs is 1. The number of benzene rings is 1. The van der Waals surface area contributed by atoms with Crippen LogP contribution in [0.1, 0.15) is 47.7 Å². The summed E-state index contributed by atoms with van der Waals surface area (Å²) in [6.45, 7) is 4.23. The zero-order valence-corrected chi connectivity index (χ0v) is 20.7. The van der Waals surface area contributed by atoms with Crippen LogP contribution in [0.25, 0.3) is 23.0 Å². The summed E-state index contributed by atoms with van der Waals surface area (Å²) in [6.07, 6.45) is 4.23. The van der Waals surface area contributed by atoms with Gasteiger partial charge >= 0.3 is 0 Å². The molecule has 0 aliphatic heterocycles. The Hall–Kier alpha value is -4.74. The molecule has 1 saturated carbocycles. The highest BCUT2D eigenvalue weighted by atomic mass is 19.1. The molecule has 4 aromatic heterocycles. The molecule has 38 heavy (non-hydrogen) atoms. The van der Waals surface area contributed by atoms with Crippen LogP contribution in [-0.4, -0.2) is 57.9 Å². The zero-order valence-electron chi connectivity index (χ0n) is 20.7. The zero-order chi connectivity index (χ0) is 26.2. The van der Waals surface area contributed by atoms with E-state index in [1.807, 2.05) is 6.92 Å². The fourth-order valence-electron chi connectivity index (χ4n) is 4.66. The Kier molecular flexibility index (Phi) is 5.98. The predicted octanol–water partition coefficient (Wildman–Crippen LogP) is 3.29. The second kappa shape index (κ2) is 9.61. The van der Waals surface area contributed by atoms with Crippen LogP contribution in [0.2, 0.25) is 0 Å². The minimum absolute atomic E-state index is 0.0329. The summed E-state index contributed by atoms with van der Waals surface area (Å²) in [5.74, 6) is 1.37. The molecule has 1 aliphatic carbocycles. The molecule has 1 aromatic carbocycles. The van der Waals surface area contributed by atoms with Gasteiger partial charge in [0.15, 0.2) is 5.82 Å². The van der Waals surface area contributed by atoms with Crippen molar-refractivity contribution in [1.29, 1.82) is 0 Å². The molecular weight excluding hydrogens is 489 g/mol. The van der Waals surface area contributed by atoms with Crippen molar-refractivity contribution in [2.75, 3.05) is 6.61 Å². The summed E-state index contributed by atoms with van der Waals surface area (Å²) in [4.78, 5) is 25.8. The summed E-state index contributed by atoms with van der Waals surface area (Å²) in [7, 11) is 0. The molecule has 6 rings (SSSR count). The number of amides is 1. The van der Waals surface area contributed by atoms with Crippen LogP contribution < -0.4 is 10.1 Å². The number of pyridine rings is 1. The second-order valence-electron chi connectivity index (χ2n) is 9.07. The van der Waals surface area contributed by atoms with Gasteiger partial charge in [-0.15, -0.1) is 10.2 Å². The molecule has 0 spiro atoms. The number of ether oxygens (including phenoxy) is 1. The number of nitrogens with zero attached hydrogens (tertiary/aromatic N) is 8. The Morgan fingerprint density at radius 1 is 1.16 bits per heavy atom. The van der Waals surface area contributed by atoms with Crippen molar-refractivity contribution in [1.82, 2.24) is 44.6 Å². The van der Waals surface area contributed by atoms with Gasteiger partial charge < -0.3 is 10.1 Å². The van der Waals surface area contributed by atoms with Crippen molar-refractivity contribution >= 4 is 11.7 Å². The van der Waals surface area contributed by atoms with Crippen LogP contribution in [0, 0.1) is 12.7 Å². The average Bonchev–Trinajstić information content (AvgIpc) is 3.53. The van der Waals surface area contributed by atoms with Gasteiger partial charge in [-0.3, -0.25) is 9.36 Å². The molecule has 0 atom stereocenters. The number of aryl methyl sites for hydroxylation is 1. The second-order valence-corrected chi connectivity index (χ2v) is 9.07. The highest BCUT2D eigenvalue weighted by Gasteiger charge is 2.37. The number of nitrogens with one attached hydrogen (secondary N) is 1. The maximum Gasteiger partial charge on any atom is 0.270 e. The maximum absolute atomic E-state index is 15.0. The first-order chi connectivity index (χ1) is 18.5. The molecule has 0 bridgehead atoms. The van der Waals surface area contributed by atoms with Gasteiger partial charge in [0, 0.05) is 17.7 Å². The molecule has 4 heterocycles. The number of carbonyl (C=O) groups is 1. The Labute approximate surface area is 216 Å². The smallest absolute Gasteiger partial charge is 0.270 e. The first-order valence-electron chi connectivity index (χ1n) is 12.3. The van der Waals surface area contributed by atoms with Crippen molar-refractivity contribution in [2.45, 2.75) is 38.6 Å². The Bertz CT molecular complexity index is 1620. The van der Waals surface area contributed by atoms with E-state index in [1.165, 1.54) is 16.9 Å². The van der Waals surface area contributed by atoms with E-state index in [0.717, 1.165) is 0 Å². The molecule has 1 amide bonds. The number of hydrogen-bond donors (Lipinski definition) is 1. The Morgan fingerprint density at radius 3 is 2.76 bits per heavy atom. The lowest BCUT2D eigenvalue weighted by Crippen LogP contribution is -2.44. The monoisotopic (exact) mass is 513 g/mol. The van der Waals surface area contributed by atoms with Crippen molar-refractivity contribution in [3.8, 4) is 23.0 Å². The number of carbonyl (C=O) groups excluding carboxylic acids is 1. The molecule has 1 fully saturated rings. The van der Waals surface area contributed by atoms with E-state index in [-0.39, 0.29) is 17.9 Å². The molecule has 0 unspecified atom stereocenters. The first kappa shape index (κ1) is 23.6. The van der Waals surface area contributed by atoms with Gasteiger partial charge in [-0.1, -0.05) is 12.1 Å². The largest absolute Gasteiger partial charge is 0.492 e. The summed E-state index contributed by atoms with van der Waals surface area (Å²) >= 11 is 0. The molecule has 5 aromatic rings. The van der Waals surface area contributed by atoms with E-state index >= 15 is 0 Å². The van der Waals surface area contributed by atoms with E-state index < -0.39 is 5.82 Å². The van der Waals surface area contributed by atoms with Crippen molar-refractivity contribution in [3.05, 3.63) is 78.0 Å². The van der Waals surface area contributed by atoms with Crippen LogP contribution in [0.3, 0.4) is 0 Å². The molecule has 192 valence electrons. The van der Waals surface area contributed by atoms with Gasteiger partial charge in [-0.2, -0.15) is 14.6 Å². The lowest BCUT2D eigenvalue weighted by molar-refractivity contribution is 0.0899. The average molecular weight is 514 g/mol.